The SMILES string of the molecule is CCON=C(C(=O)NC1C(=O)N2C(C(=O)O)=C(C[n+]3ccc(C(=O)O)cc3)CS[C@@H]12)c1nsc(N)n1. The number of carbonyl (C=O) groups excluding carboxylic acids is 2. The van der Waals surface area contributed by atoms with E-state index in [9.17, 15) is 24.3 Å². The minimum Gasteiger partial charge on any atom is -0.478 e. The van der Waals surface area contributed by atoms with E-state index in [0.717, 1.165) is 16.4 Å². The van der Waals surface area contributed by atoms with Crippen LogP contribution in [0.25, 0.3) is 0 Å². The first kappa shape index (κ1) is 25.1. The molecule has 2 atom stereocenters. The number of nitrogens with one attached hydrogen (secondary N) is 1. The van der Waals surface area contributed by atoms with Gasteiger partial charge in [0.05, 0.1) is 5.56 Å². The predicted octanol–water partition coefficient (Wildman–Crippen LogP) is -0.715. The maximum Gasteiger partial charge on any atom is 0.352 e. The van der Waals surface area contributed by atoms with Crippen molar-refractivity contribution in [2.75, 3.05) is 18.1 Å². The summed E-state index contributed by atoms with van der Waals surface area (Å²) in [7, 11) is 0. The molecule has 0 bridgehead atoms. The molecule has 0 radical (unpaired) electrons. The van der Waals surface area contributed by atoms with Crippen LogP contribution in [0, 0.1) is 0 Å². The van der Waals surface area contributed by atoms with Gasteiger partial charge in [0, 0.05) is 35.0 Å². The van der Waals surface area contributed by atoms with Gasteiger partial charge >= 0.3 is 11.9 Å². The summed E-state index contributed by atoms with van der Waals surface area (Å²) in [5.74, 6) is -3.49. The molecule has 1 unspecified atom stereocenters. The van der Waals surface area contributed by atoms with E-state index in [4.69, 9.17) is 15.7 Å². The van der Waals surface area contributed by atoms with Crippen LogP contribution in [0.4, 0.5) is 5.13 Å². The Labute approximate surface area is 211 Å². The van der Waals surface area contributed by atoms with Crippen molar-refractivity contribution in [1.82, 2.24) is 19.6 Å². The van der Waals surface area contributed by atoms with Crippen LogP contribution in [-0.2, 0) is 25.8 Å². The monoisotopic (exact) mass is 534 g/mol. The Hall–Kier alpha value is -4.05. The van der Waals surface area contributed by atoms with E-state index in [2.05, 4.69) is 19.8 Å². The molecular formula is C20H20N7O7S2+. The Balaban J connectivity index is 1.52. The molecule has 4 rings (SSSR count). The number of nitrogen functional groups attached to an aromatic ring is 1. The van der Waals surface area contributed by atoms with Crippen molar-refractivity contribution in [2.45, 2.75) is 24.9 Å². The highest BCUT2D eigenvalue weighted by Crippen LogP contribution is 2.40. The minimum atomic E-state index is -1.28. The summed E-state index contributed by atoms with van der Waals surface area (Å²) in [6.07, 6.45) is 3.04. The van der Waals surface area contributed by atoms with Gasteiger partial charge in [0.1, 0.15) is 23.7 Å². The lowest BCUT2D eigenvalue weighted by atomic mass is 10.0. The van der Waals surface area contributed by atoms with Crippen molar-refractivity contribution in [1.29, 1.82) is 0 Å². The summed E-state index contributed by atoms with van der Waals surface area (Å²) in [5, 5.41) is 24.7. The van der Waals surface area contributed by atoms with Gasteiger partial charge in [-0.1, -0.05) is 5.16 Å². The van der Waals surface area contributed by atoms with Crippen molar-refractivity contribution in [3.63, 3.8) is 0 Å². The third-order valence-electron chi connectivity index (χ3n) is 5.20. The van der Waals surface area contributed by atoms with E-state index < -0.39 is 35.2 Å². The summed E-state index contributed by atoms with van der Waals surface area (Å²) in [6, 6.07) is 1.80. The number of nitrogens with zero attached hydrogens (tertiary/aromatic N) is 5. The Morgan fingerprint density at radius 1 is 1.31 bits per heavy atom. The average molecular weight is 535 g/mol. The van der Waals surface area contributed by atoms with Crippen molar-refractivity contribution < 1.29 is 38.8 Å². The van der Waals surface area contributed by atoms with Gasteiger partial charge in [-0.15, -0.1) is 11.8 Å². The zero-order chi connectivity index (χ0) is 26.0. The second kappa shape index (κ2) is 10.3. The van der Waals surface area contributed by atoms with Crippen molar-refractivity contribution >= 4 is 57.9 Å². The lowest BCUT2D eigenvalue weighted by Gasteiger charge is -2.49. The van der Waals surface area contributed by atoms with E-state index in [1.54, 1.807) is 11.5 Å². The van der Waals surface area contributed by atoms with Gasteiger partial charge in [0.25, 0.3) is 11.8 Å². The predicted molar refractivity (Wildman–Crippen MR) is 126 cm³/mol. The first-order valence-electron chi connectivity index (χ1n) is 10.4. The second-order valence-electron chi connectivity index (χ2n) is 7.50. The number of rotatable bonds is 9. The summed E-state index contributed by atoms with van der Waals surface area (Å²) in [6.45, 7) is 1.99. The van der Waals surface area contributed by atoms with Crippen LogP contribution in [-0.4, -0.2) is 77.7 Å². The Morgan fingerprint density at radius 2 is 2.03 bits per heavy atom. The van der Waals surface area contributed by atoms with Crippen LogP contribution >= 0.6 is 23.3 Å². The summed E-state index contributed by atoms with van der Waals surface area (Å²) < 4.78 is 5.58. The zero-order valence-corrected chi connectivity index (χ0v) is 20.3. The number of β-lactam (4-membered cyclic amide) rings is 1. The first-order valence-corrected chi connectivity index (χ1v) is 12.3. The normalized spacial score (nSPS) is 19.4. The fraction of sp³-hybridized carbons (Fsp3) is 0.300. The Kier molecular flexibility index (Phi) is 7.16. The number of aromatic carboxylic acids is 1. The quantitative estimate of drug-likeness (QED) is 0.137. The molecule has 14 nitrogen and oxygen atoms in total. The van der Waals surface area contributed by atoms with E-state index in [1.807, 2.05) is 0 Å². The number of carboxylic acid groups (broad SMARTS) is 2. The number of hydrogen-bond acceptors (Lipinski definition) is 11. The standard InChI is InChI=1S/C20H19N7O7S2/c1-2-34-24-11(14-23-20(21)36-25-14)15(28)22-12-16(29)27-13(19(32)33)10(8-35-17(12)27)7-26-5-3-9(4-6-26)18(30)31/h3-6,12,17H,2,7-8H2,1H3,(H4-,21,22,23,25,28,30,31,32,33)/p+1/t12?,17-/m0/s1. The highest BCUT2D eigenvalue weighted by molar-refractivity contribution is 8.00. The highest BCUT2D eigenvalue weighted by Gasteiger charge is 2.54. The molecular weight excluding hydrogens is 514 g/mol. The first-order chi connectivity index (χ1) is 17.2. The number of anilines is 1. The molecule has 0 aliphatic carbocycles. The number of amides is 2. The number of thioether (sulfide) groups is 1. The third kappa shape index (κ3) is 4.85. The van der Waals surface area contributed by atoms with Crippen LogP contribution in [0.3, 0.4) is 0 Å². The lowest BCUT2D eigenvalue weighted by Crippen LogP contribution is -2.71. The molecule has 1 fully saturated rings. The molecule has 188 valence electrons. The third-order valence-corrected chi connectivity index (χ3v) is 7.08. The lowest BCUT2D eigenvalue weighted by molar-refractivity contribution is -0.689. The number of aliphatic carboxylic acids is 1. The van der Waals surface area contributed by atoms with Crippen LogP contribution in [0.15, 0.2) is 41.0 Å². The minimum absolute atomic E-state index is 0.0530. The van der Waals surface area contributed by atoms with Crippen LogP contribution in [0.2, 0.25) is 0 Å². The molecule has 0 aromatic carbocycles. The maximum atomic E-state index is 12.9. The van der Waals surface area contributed by atoms with E-state index >= 15 is 0 Å². The summed E-state index contributed by atoms with van der Waals surface area (Å²) >= 11 is 2.16. The van der Waals surface area contributed by atoms with E-state index in [0.29, 0.717) is 5.57 Å². The van der Waals surface area contributed by atoms with Gasteiger partial charge in [-0.05, 0) is 6.92 Å². The van der Waals surface area contributed by atoms with Crippen LogP contribution in [0.5, 0.6) is 0 Å². The number of nitrogens with two attached hydrogens (primary N) is 1. The van der Waals surface area contributed by atoms with Gasteiger partial charge in [-0.25, -0.2) is 14.2 Å². The number of oxime groups is 1. The fourth-order valence-electron chi connectivity index (χ4n) is 3.58. The molecule has 1 saturated heterocycles. The Bertz CT molecular complexity index is 1290. The van der Waals surface area contributed by atoms with Crippen molar-refractivity contribution in [2.24, 2.45) is 5.16 Å². The maximum absolute atomic E-state index is 12.9. The molecule has 2 aromatic heterocycles. The summed E-state index contributed by atoms with van der Waals surface area (Å²) in [4.78, 5) is 59.0. The number of aromatic nitrogens is 3. The van der Waals surface area contributed by atoms with Crippen molar-refractivity contribution in [3.8, 4) is 0 Å². The number of pyridine rings is 1. The molecule has 0 saturated carbocycles. The average Bonchev–Trinajstić information content (AvgIpc) is 3.28. The van der Waals surface area contributed by atoms with Crippen molar-refractivity contribution in [3.05, 3.63) is 47.2 Å². The largest absolute Gasteiger partial charge is 0.478 e. The molecule has 2 aromatic rings. The fourth-order valence-corrected chi connectivity index (χ4v) is 5.35. The van der Waals surface area contributed by atoms with Gasteiger partial charge < -0.3 is 26.1 Å². The van der Waals surface area contributed by atoms with E-state index in [-0.39, 0.29) is 46.8 Å². The molecule has 2 amide bonds. The number of hydrogen-bond donors (Lipinski definition) is 4. The van der Waals surface area contributed by atoms with Crippen LogP contribution in [0.1, 0.15) is 23.1 Å². The zero-order valence-electron chi connectivity index (χ0n) is 18.7. The smallest absolute Gasteiger partial charge is 0.352 e. The summed E-state index contributed by atoms with van der Waals surface area (Å²) in [5.41, 5.74) is 5.73. The molecule has 16 heteroatoms. The Morgan fingerprint density at radius 3 is 2.61 bits per heavy atom. The molecule has 4 heterocycles. The van der Waals surface area contributed by atoms with Crippen LogP contribution < -0.4 is 15.6 Å². The molecule has 2 aliphatic rings. The van der Waals surface area contributed by atoms with Gasteiger partial charge in [0.15, 0.2) is 24.1 Å². The number of fused-ring (bicyclic) bond motifs is 1. The number of carbonyl (C=O) groups is 4. The number of carboxylic acids is 2. The van der Waals surface area contributed by atoms with Gasteiger partial charge in [-0.3, -0.25) is 14.5 Å². The molecule has 5 N–H and O–H groups in total. The molecule has 2 aliphatic heterocycles. The van der Waals surface area contributed by atoms with E-state index in [1.165, 1.54) is 36.3 Å². The van der Waals surface area contributed by atoms with Gasteiger partial charge in [0.2, 0.25) is 11.5 Å². The molecule has 36 heavy (non-hydrogen) atoms. The topological polar surface area (TPSA) is 201 Å². The molecule has 0 spiro atoms. The second-order valence-corrected chi connectivity index (χ2v) is 9.38. The highest BCUT2D eigenvalue weighted by atomic mass is 32.2. The van der Waals surface area contributed by atoms with Gasteiger partial charge in [-0.2, -0.15) is 9.36 Å².